The minimum Gasteiger partial charge on any atom is -0.474 e. The van der Waals surface area contributed by atoms with E-state index in [9.17, 15) is 4.79 Å². The summed E-state index contributed by atoms with van der Waals surface area (Å²) in [6, 6.07) is 11.6. The molecule has 0 radical (unpaired) electrons. The highest BCUT2D eigenvalue weighted by molar-refractivity contribution is 5.91. The summed E-state index contributed by atoms with van der Waals surface area (Å²) in [5.41, 5.74) is 1.03. The highest BCUT2D eigenvalue weighted by atomic mass is 16.5. The Labute approximate surface area is 142 Å². The predicted octanol–water partition coefficient (Wildman–Crippen LogP) is 2.87. The summed E-state index contributed by atoms with van der Waals surface area (Å²) in [6.45, 7) is 3.24. The minimum atomic E-state index is 0.0511. The summed E-state index contributed by atoms with van der Waals surface area (Å²) >= 11 is 0. The highest BCUT2D eigenvalue weighted by Gasteiger charge is 2.23. The molecular formula is C19H21N3O2. The van der Waals surface area contributed by atoms with Gasteiger partial charge in [-0.1, -0.05) is 30.3 Å². The molecule has 0 spiro atoms. The van der Waals surface area contributed by atoms with Crippen LogP contribution in [0.2, 0.25) is 0 Å². The maximum Gasteiger partial charge on any atom is 0.246 e. The molecule has 0 aliphatic carbocycles. The molecule has 1 aliphatic heterocycles. The molecule has 3 rings (SSSR count). The normalized spacial score (nSPS) is 15.6. The van der Waals surface area contributed by atoms with Crippen molar-refractivity contribution < 1.29 is 9.53 Å². The number of aryl methyl sites for hydroxylation is 1. The molecule has 2 heterocycles. The van der Waals surface area contributed by atoms with Gasteiger partial charge in [-0.25, -0.2) is 4.98 Å². The van der Waals surface area contributed by atoms with Crippen molar-refractivity contribution in [2.75, 3.05) is 13.1 Å². The lowest BCUT2D eigenvalue weighted by molar-refractivity contribution is -0.127. The maximum absolute atomic E-state index is 12.3. The molecule has 2 aromatic rings. The van der Waals surface area contributed by atoms with Crippen LogP contribution in [0.25, 0.3) is 6.08 Å². The van der Waals surface area contributed by atoms with Gasteiger partial charge in [0.25, 0.3) is 0 Å². The Morgan fingerprint density at radius 3 is 2.67 bits per heavy atom. The van der Waals surface area contributed by atoms with Crippen LogP contribution in [-0.4, -0.2) is 40.0 Å². The summed E-state index contributed by atoms with van der Waals surface area (Å²) < 4.78 is 5.89. The number of piperidine rings is 1. The van der Waals surface area contributed by atoms with E-state index in [2.05, 4.69) is 9.97 Å². The lowest BCUT2D eigenvalue weighted by atomic mass is 10.1. The maximum atomic E-state index is 12.3. The van der Waals surface area contributed by atoms with Crippen LogP contribution < -0.4 is 4.74 Å². The van der Waals surface area contributed by atoms with E-state index in [4.69, 9.17) is 4.74 Å². The quantitative estimate of drug-likeness (QED) is 0.812. The monoisotopic (exact) mass is 323 g/mol. The number of benzene rings is 1. The first-order chi connectivity index (χ1) is 11.7. The van der Waals surface area contributed by atoms with Crippen molar-refractivity contribution in [2.45, 2.75) is 25.9 Å². The Balaban J connectivity index is 1.49. The van der Waals surface area contributed by atoms with Gasteiger partial charge in [0, 0.05) is 44.3 Å². The third-order valence-electron chi connectivity index (χ3n) is 4.01. The Kier molecular flexibility index (Phi) is 5.21. The first-order valence-electron chi connectivity index (χ1n) is 8.19. The number of carbonyl (C=O) groups excluding carboxylic acids is 1. The third-order valence-corrected chi connectivity index (χ3v) is 4.01. The Bertz CT molecular complexity index is 708. The lowest BCUT2D eigenvalue weighted by Gasteiger charge is -2.31. The summed E-state index contributed by atoms with van der Waals surface area (Å²) in [7, 11) is 0. The first-order valence-corrected chi connectivity index (χ1v) is 8.19. The number of hydrogen-bond acceptors (Lipinski definition) is 4. The molecule has 1 fully saturated rings. The summed E-state index contributed by atoms with van der Waals surface area (Å²) in [4.78, 5) is 22.4. The van der Waals surface area contributed by atoms with E-state index in [1.807, 2.05) is 48.2 Å². The molecular weight excluding hydrogens is 302 g/mol. The average molecular weight is 323 g/mol. The van der Waals surface area contributed by atoms with Gasteiger partial charge in [0.1, 0.15) is 11.9 Å². The average Bonchev–Trinajstić information content (AvgIpc) is 2.61. The van der Waals surface area contributed by atoms with Crippen molar-refractivity contribution in [1.29, 1.82) is 0 Å². The van der Waals surface area contributed by atoms with E-state index in [0.29, 0.717) is 24.8 Å². The number of ether oxygens (including phenoxy) is 1. The van der Waals surface area contributed by atoms with Crippen molar-refractivity contribution in [3.05, 3.63) is 60.1 Å². The third kappa shape index (κ3) is 4.41. The van der Waals surface area contributed by atoms with E-state index in [-0.39, 0.29) is 12.0 Å². The molecule has 5 heteroatoms. The number of likely N-dealkylation sites (tertiary alicyclic amines) is 1. The largest absolute Gasteiger partial charge is 0.474 e. The summed E-state index contributed by atoms with van der Waals surface area (Å²) in [5.74, 6) is 1.36. The van der Waals surface area contributed by atoms with Gasteiger partial charge in [0.2, 0.25) is 11.8 Å². The minimum absolute atomic E-state index is 0.0511. The van der Waals surface area contributed by atoms with Gasteiger partial charge in [0.05, 0.1) is 0 Å². The molecule has 0 unspecified atom stereocenters. The SMILES string of the molecule is Cc1nccc(OC2CCN(C(=O)C=Cc3ccccc3)CC2)n1. The molecule has 0 bridgehead atoms. The fourth-order valence-electron chi connectivity index (χ4n) is 2.70. The van der Waals surface area contributed by atoms with Gasteiger partial charge >= 0.3 is 0 Å². The van der Waals surface area contributed by atoms with Gasteiger partial charge in [-0.05, 0) is 18.6 Å². The summed E-state index contributed by atoms with van der Waals surface area (Å²) in [5, 5.41) is 0. The molecule has 1 saturated heterocycles. The van der Waals surface area contributed by atoms with Crippen LogP contribution in [0.15, 0.2) is 48.7 Å². The number of rotatable bonds is 4. The van der Waals surface area contributed by atoms with Crippen molar-refractivity contribution in [3.8, 4) is 5.88 Å². The van der Waals surface area contributed by atoms with Gasteiger partial charge in [-0.3, -0.25) is 4.79 Å². The molecule has 1 aromatic heterocycles. The van der Waals surface area contributed by atoms with Gasteiger partial charge in [-0.15, -0.1) is 0 Å². The van der Waals surface area contributed by atoms with Crippen LogP contribution in [0.3, 0.4) is 0 Å². The summed E-state index contributed by atoms with van der Waals surface area (Å²) in [6.07, 6.45) is 6.92. The van der Waals surface area contributed by atoms with Crippen LogP contribution >= 0.6 is 0 Å². The van der Waals surface area contributed by atoms with Gasteiger partial charge < -0.3 is 9.64 Å². The number of nitrogens with zero attached hydrogens (tertiary/aromatic N) is 3. The number of carbonyl (C=O) groups is 1. The highest BCUT2D eigenvalue weighted by Crippen LogP contribution is 2.17. The molecule has 1 aromatic carbocycles. The Morgan fingerprint density at radius 2 is 1.96 bits per heavy atom. The van der Waals surface area contributed by atoms with E-state index in [0.717, 1.165) is 18.4 Å². The zero-order valence-corrected chi connectivity index (χ0v) is 13.8. The lowest BCUT2D eigenvalue weighted by Crippen LogP contribution is -2.41. The molecule has 0 saturated carbocycles. The van der Waals surface area contributed by atoms with Crippen molar-refractivity contribution in [1.82, 2.24) is 14.9 Å². The van der Waals surface area contributed by atoms with Crippen LogP contribution in [0.5, 0.6) is 5.88 Å². The molecule has 0 atom stereocenters. The second-order valence-electron chi connectivity index (χ2n) is 5.83. The standard InChI is InChI=1S/C19H21N3O2/c1-15-20-12-9-18(21-15)24-17-10-13-22(14-11-17)19(23)8-7-16-5-3-2-4-6-16/h2-9,12,17H,10-11,13-14H2,1H3. The van der Waals surface area contributed by atoms with Crippen molar-refractivity contribution >= 4 is 12.0 Å². The molecule has 5 nitrogen and oxygen atoms in total. The fourth-order valence-corrected chi connectivity index (χ4v) is 2.70. The Morgan fingerprint density at radius 1 is 1.21 bits per heavy atom. The van der Waals surface area contributed by atoms with E-state index in [1.165, 1.54) is 0 Å². The fraction of sp³-hybridized carbons (Fsp3) is 0.316. The number of amides is 1. The second kappa shape index (κ2) is 7.73. The first kappa shape index (κ1) is 16.2. The van der Waals surface area contributed by atoms with E-state index in [1.54, 1.807) is 18.3 Å². The van der Waals surface area contributed by atoms with E-state index < -0.39 is 0 Å². The molecule has 1 aliphatic rings. The van der Waals surface area contributed by atoms with Crippen molar-refractivity contribution in [2.24, 2.45) is 0 Å². The zero-order valence-electron chi connectivity index (χ0n) is 13.8. The topological polar surface area (TPSA) is 55.3 Å². The Hall–Kier alpha value is -2.69. The van der Waals surface area contributed by atoms with Crippen molar-refractivity contribution in [3.63, 3.8) is 0 Å². The van der Waals surface area contributed by atoms with Crippen LogP contribution in [0.1, 0.15) is 24.2 Å². The van der Waals surface area contributed by atoms with E-state index >= 15 is 0 Å². The van der Waals surface area contributed by atoms with Gasteiger partial charge in [0.15, 0.2) is 0 Å². The predicted molar refractivity (Wildman–Crippen MR) is 92.5 cm³/mol. The number of hydrogen-bond donors (Lipinski definition) is 0. The van der Waals surface area contributed by atoms with Gasteiger partial charge in [-0.2, -0.15) is 4.98 Å². The van der Waals surface area contributed by atoms with Crippen LogP contribution in [0, 0.1) is 6.92 Å². The van der Waals surface area contributed by atoms with Crippen LogP contribution in [-0.2, 0) is 4.79 Å². The smallest absolute Gasteiger partial charge is 0.246 e. The molecule has 24 heavy (non-hydrogen) atoms. The molecule has 0 N–H and O–H groups in total. The molecule has 124 valence electrons. The second-order valence-corrected chi connectivity index (χ2v) is 5.83. The number of aromatic nitrogens is 2. The zero-order chi connectivity index (χ0) is 16.8. The molecule has 1 amide bonds. The van der Waals surface area contributed by atoms with Crippen LogP contribution in [0.4, 0.5) is 0 Å².